The number of hydrogen-bond donors (Lipinski definition) is 2. The summed E-state index contributed by atoms with van der Waals surface area (Å²) in [5.41, 5.74) is 0. The van der Waals surface area contributed by atoms with Crippen molar-refractivity contribution in [3.8, 4) is 0 Å². The molecule has 52 heavy (non-hydrogen) atoms. The highest BCUT2D eigenvalue weighted by atomic mass is 31.2. The maximum Gasteiger partial charge on any atom is 0.469 e. The largest absolute Gasteiger partial charge is 0.469 e. The third-order valence-corrected chi connectivity index (χ3v) is 9.64. The molecule has 1 atom stereocenters. The van der Waals surface area contributed by atoms with Crippen molar-refractivity contribution in [2.75, 3.05) is 13.2 Å². The number of carbonyl (C=O) groups excluding carboxylic acids is 2. The molecule has 0 saturated carbocycles. The Morgan fingerprint density at radius 2 is 0.865 bits per heavy atom. The summed E-state index contributed by atoms with van der Waals surface area (Å²) in [4.78, 5) is 42.8. The molecular weight excluding hydrogens is 675 g/mol. The molecule has 0 aliphatic rings. The average molecular weight is 755 g/mol. The van der Waals surface area contributed by atoms with Gasteiger partial charge in [0.1, 0.15) is 6.61 Å². The second-order valence-electron chi connectivity index (χ2n) is 14.3. The van der Waals surface area contributed by atoms with Gasteiger partial charge in [0.15, 0.2) is 6.10 Å². The Morgan fingerprint density at radius 3 is 1.31 bits per heavy atom. The monoisotopic (exact) mass is 755 g/mol. The summed E-state index contributed by atoms with van der Waals surface area (Å²) in [5, 5.41) is 0. The lowest BCUT2D eigenvalue weighted by atomic mass is 10.1. The third-order valence-electron chi connectivity index (χ3n) is 9.16. The van der Waals surface area contributed by atoms with Gasteiger partial charge in [-0.25, -0.2) is 4.57 Å². The number of ether oxygens (including phenoxy) is 2. The fraction of sp³-hybridized carbons (Fsp3) is 0.814. The quantitative estimate of drug-likeness (QED) is 0.0209. The minimum atomic E-state index is -4.76. The van der Waals surface area contributed by atoms with Crippen molar-refractivity contribution in [3.63, 3.8) is 0 Å². The normalized spacial score (nSPS) is 12.8. The van der Waals surface area contributed by atoms with E-state index in [1.54, 1.807) is 0 Å². The molecule has 0 amide bonds. The topological polar surface area (TPSA) is 119 Å². The van der Waals surface area contributed by atoms with E-state index >= 15 is 0 Å². The molecule has 0 bridgehead atoms. The van der Waals surface area contributed by atoms with E-state index in [0.29, 0.717) is 6.42 Å². The fourth-order valence-corrected chi connectivity index (χ4v) is 6.31. The van der Waals surface area contributed by atoms with E-state index in [9.17, 15) is 14.2 Å². The Bertz CT molecular complexity index is 941. The predicted molar refractivity (Wildman–Crippen MR) is 216 cm³/mol. The summed E-state index contributed by atoms with van der Waals surface area (Å²) in [6.07, 6.45) is 45.8. The number of esters is 2. The number of phosphoric acid groups is 1. The van der Waals surface area contributed by atoms with Crippen molar-refractivity contribution in [2.24, 2.45) is 0 Å². The molecule has 0 aliphatic heterocycles. The number of allylic oxidation sites excluding steroid dienone is 6. The van der Waals surface area contributed by atoms with Crippen LogP contribution in [0.25, 0.3) is 0 Å². The molecule has 0 radical (unpaired) electrons. The van der Waals surface area contributed by atoms with Crippen molar-refractivity contribution >= 4 is 19.8 Å². The molecule has 0 saturated heterocycles. The first-order valence-electron chi connectivity index (χ1n) is 21.3. The van der Waals surface area contributed by atoms with Gasteiger partial charge in [0, 0.05) is 12.8 Å². The first-order chi connectivity index (χ1) is 25.3. The van der Waals surface area contributed by atoms with E-state index in [-0.39, 0.29) is 19.4 Å². The highest BCUT2D eigenvalue weighted by Gasteiger charge is 2.22. The summed E-state index contributed by atoms with van der Waals surface area (Å²) in [6, 6.07) is 0. The van der Waals surface area contributed by atoms with Crippen molar-refractivity contribution in [2.45, 2.75) is 213 Å². The molecule has 0 aromatic carbocycles. The van der Waals surface area contributed by atoms with E-state index in [1.807, 2.05) is 0 Å². The van der Waals surface area contributed by atoms with Crippen molar-refractivity contribution in [1.82, 2.24) is 0 Å². The zero-order chi connectivity index (χ0) is 38.2. The molecule has 0 fully saturated rings. The Morgan fingerprint density at radius 1 is 0.500 bits per heavy atom. The van der Waals surface area contributed by atoms with Crippen LogP contribution in [0.1, 0.15) is 206 Å². The predicted octanol–water partition coefficient (Wildman–Crippen LogP) is 13.0. The summed E-state index contributed by atoms with van der Waals surface area (Å²) < 4.78 is 26.4. The zero-order valence-corrected chi connectivity index (χ0v) is 34.4. The summed E-state index contributed by atoms with van der Waals surface area (Å²) >= 11 is 0. The fourth-order valence-electron chi connectivity index (χ4n) is 5.95. The standard InChI is InChI=1S/C43H79O8P/c1-3-5-7-9-11-13-15-17-19-20-21-22-24-25-27-29-31-33-35-37-42(44)49-39-41(40-50-52(46,47)48)51-43(45)38-36-34-32-30-28-26-23-18-16-14-12-10-8-6-4-2/h14,16-19,23,41H,3-13,15,20-22,24-40H2,1-2H3,(H2,46,47,48)/b16-14+,19-17+,23-18+/t41-/m1/s1. The van der Waals surface area contributed by atoms with Gasteiger partial charge in [-0.05, 0) is 64.2 Å². The SMILES string of the molecule is CCCCCC/C=C/C=C/CCCCCCCC(=O)O[C@H](COC(=O)CCCCCCCCCCC/C=C/CCCCCCCC)COP(=O)(O)O. The summed E-state index contributed by atoms with van der Waals surface area (Å²) in [5.74, 6) is -0.901. The molecule has 304 valence electrons. The van der Waals surface area contributed by atoms with Gasteiger partial charge in [0.05, 0.1) is 6.61 Å². The van der Waals surface area contributed by atoms with Crippen LogP contribution < -0.4 is 0 Å². The molecule has 0 aromatic rings. The number of unbranched alkanes of at least 4 members (excludes halogenated alkanes) is 24. The number of rotatable bonds is 39. The highest BCUT2D eigenvalue weighted by Crippen LogP contribution is 2.36. The number of hydrogen-bond acceptors (Lipinski definition) is 6. The van der Waals surface area contributed by atoms with Crippen LogP contribution in [-0.2, 0) is 28.2 Å². The van der Waals surface area contributed by atoms with Gasteiger partial charge in [-0.3, -0.25) is 14.1 Å². The van der Waals surface area contributed by atoms with Crippen molar-refractivity contribution in [3.05, 3.63) is 36.5 Å². The van der Waals surface area contributed by atoms with Gasteiger partial charge in [-0.15, -0.1) is 0 Å². The molecule has 0 rings (SSSR count). The van der Waals surface area contributed by atoms with Crippen LogP contribution in [0.4, 0.5) is 0 Å². The maximum atomic E-state index is 12.4. The second-order valence-corrected chi connectivity index (χ2v) is 15.6. The molecule has 2 N–H and O–H groups in total. The van der Waals surface area contributed by atoms with E-state index in [0.717, 1.165) is 57.8 Å². The third kappa shape index (κ3) is 41.0. The lowest BCUT2D eigenvalue weighted by molar-refractivity contribution is -0.161. The molecule has 0 unspecified atom stereocenters. The Kier molecular flexibility index (Phi) is 37.7. The summed E-state index contributed by atoms with van der Waals surface area (Å²) in [6.45, 7) is 3.65. The van der Waals surface area contributed by atoms with E-state index in [4.69, 9.17) is 19.3 Å². The molecule has 0 aromatic heterocycles. The van der Waals surface area contributed by atoms with Crippen LogP contribution >= 0.6 is 7.82 Å². The Labute approximate surface area is 319 Å². The van der Waals surface area contributed by atoms with Crippen LogP contribution in [-0.4, -0.2) is 41.0 Å². The maximum absolute atomic E-state index is 12.4. The molecule has 0 spiro atoms. The van der Waals surface area contributed by atoms with Crippen molar-refractivity contribution in [1.29, 1.82) is 0 Å². The lowest BCUT2D eigenvalue weighted by Gasteiger charge is -2.18. The van der Waals surface area contributed by atoms with Gasteiger partial charge < -0.3 is 19.3 Å². The van der Waals surface area contributed by atoms with Crippen LogP contribution in [0.15, 0.2) is 36.5 Å². The molecule has 0 heterocycles. The smallest absolute Gasteiger partial charge is 0.462 e. The Hall–Kier alpha value is -1.73. The minimum absolute atomic E-state index is 0.194. The first-order valence-corrected chi connectivity index (χ1v) is 22.8. The van der Waals surface area contributed by atoms with Gasteiger partial charge >= 0.3 is 19.8 Å². The lowest BCUT2D eigenvalue weighted by Crippen LogP contribution is -2.29. The number of carbonyl (C=O) groups is 2. The van der Waals surface area contributed by atoms with Gasteiger partial charge in [-0.1, -0.05) is 166 Å². The molecule has 0 aliphatic carbocycles. The van der Waals surface area contributed by atoms with E-state index in [1.165, 1.54) is 116 Å². The van der Waals surface area contributed by atoms with E-state index in [2.05, 4.69) is 54.8 Å². The highest BCUT2D eigenvalue weighted by molar-refractivity contribution is 7.46. The molecule has 8 nitrogen and oxygen atoms in total. The van der Waals surface area contributed by atoms with Gasteiger partial charge in [-0.2, -0.15) is 0 Å². The van der Waals surface area contributed by atoms with Crippen LogP contribution in [0.2, 0.25) is 0 Å². The van der Waals surface area contributed by atoms with Gasteiger partial charge in [0.25, 0.3) is 0 Å². The minimum Gasteiger partial charge on any atom is -0.462 e. The zero-order valence-electron chi connectivity index (χ0n) is 33.5. The average Bonchev–Trinajstić information content (AvgIpc) is 3.11. The first kappa shape index (κ1) is 50.3. The summed E-state index contributed by atoms with van der Waals surface area (Å²) in [7, 11) is -4.76. The van der Waals surface area contributed by atoms with Crippen LogP contribution in [0.3, 0.4) is 0 Å². The van der Waals surface area contributed by atoms with Crippen LogP contribution in [0.5, 0.6) is 0 Å². The molecular formula is C43H79O8P. The van der Waals surface area contributed by atoms with Gasteiger partial charge in [0.2, 0.25) is 0 Å². The van der Waals surface area contributed by atoms with Crippen LogP contribution in [0, 0.1) is 0 Å². The van der Waals surface area contributed by atoms with Crippen molar-refractivity contribution < 1.29 is 37.9 Å². The molecule has 9 heteroatoms. The number of phosphoric ester groups is 1. The second kappa shape index (κ2) is 39.0. The Balaban J connectivity index is 3.92. The van der Waals surface area contributed by atoms with E-state index < -0.39 is 32.5 Å².